The molecule has 0 aromatic rings. The predicted molar refractivity (Wildman–Crippen MR) is 81.2 cm³/mol. The van der Waals surface area contributed by atoms with Crippen LogP contribution < -0.4 is 0 Å². The molecule has 0 unspecified atom stereocenters. The van der Waals surface area contributed by atoms with Gasteiger partial charge in [-0.05, 0) is 70.1 Å². The molecule has 0 aliphatic heterocycles. The van der Waals surface area contributed by atoms with Gasteiger partial charge in [-0.1, -0.05) is 15.9 Å². The van der Waals surface area contributed by atoms with Crippen LogP contribution in [0, 0.1) is 23.2 Å². The summed E-state index contributed by atoms with van der Waals surface area (Å²) in [6, 6.07) is 0. The zero-order valence-corrected chi connectivity index (χ0v) is 14.0. The number of hydrogen-bond acceptors (Lipinski definition) is 1. The molecule has 0 radical (unpaired) electrons. The molecular weight excluding hydrogens is 302 g/mol. The summed E-state index contributed by atoms with van der Waals surface area (Å²) >= 11 is 3.56. The highest BCUT2D eigenvalue weighted by atomic mass is 79.9. The second-order valence-electron chi connectivity index (χ2n) is 8.01. The summed E-state index contributed by atoms with van der Waals surface area (Å²) in [5.41, 5.74) is -0.0800. The lowest BCUT2D eigenvalue weighted by Crippen LogP contribution is -2.58. The largest absolute Gasteiger partial charge is 0.339 e. The van der Waals surface area contributed by atoms with Gasteiger partial charge in [0, 0.05) is 17.9 Å². The lowest BCUT2D eigenvalue weighted by atomic mass is 9.49. The third kappa shape index (κ3) is 2.16. The lowest BCUT2D eigenvalue weighted by molar-refractivity contribution is -0.160. The van der Waals surface area contributed by atoms with Crippen LogP contribution in [-0.2, 0) is 4.79 Å². The summed E-state index contributed by atoms with van der Waals surface area (Å²) < 4.78 is 0. The molecule has 0 heterocycles. The van der Waals surface area contributed by atoms with Crippen molar-refractivity contribution in [2.24, 2.45) is 23.2 Å². The molecule has 4 bridgehead atoms. The van der Waals surface area contributed by atoms with E-state index in [1.165, 1.54) is 38.5 Å². The first-order valence-corrected chi connectivity index (χ1v) is 8.83. The molecule has 1 amide bonds. The molecule has 19 heavy (non-hydrogen) atoms. The first-order valence-electron chi connectivity index (χ1n) is 7.70. The Labute approximate surface area is 125 Å². The predicted octanol–water partition coefficient (Wildman–Crippen LogP) is 3.83. The van der Waals surface area contributed by atoms with Crippen molar-refractivity contribution in [3.8, 4) is 0 Å². The normalized spacial score (nSPS) is 40.5. The molecule has 4 fully saturated rings. The molecule has 0 atom stereocenters. The fourth-order valence-corrected chi connectivity index (χ4v) is 5.47. The summed E-state index contributed by atoms with van der Waals surface area (Å²) in [6.07, 6.45) is 7.70. The maximum absolute atomic E-state index is 13.1. The molecule has 4 aliphatic rings. The second kappa shape index (κ2) is 4.47. The quantitative estimate of drug-likeness (QED) is 0.721. The van der Waals surface area contributed by atoms with Gasteiger partial charge in [-0.2, -0.15) is 0 Å². The number of carbonyl (C=O) groups excluding carboxylic acids is 1. The van der Waals surface area contributed by atoms with E-state index in [9.17, 15) is 4.79 Å². The smallest absolute Gasteiger partial charge is 0.229 e. The van der Waals surface area contributed by atoms with Crippen molar-refractivity contribution in [2.45, 2.75) is 57.9 Å². The van der Waals surface area contributed by atoms with E-state index in [4.69, 9.17) is 0 Å². The zero-order chi connectivity index (χ0) is 13.8. The van der Waals surface area contributed by atoms with Crippen molar-refractivity contribution < 1.29 is 4.79 Å². The Morgan fingerprint density at radius 3 is 1.95 bits per heavy atom. The van der Waals surface area contributed by atoms with Gasteiger partial charge in [-0.15, -0.1) is 0 Å². The zero-order valence-electron chi connectivity index (χ0n) is 12.4. The Bertz CT molecular complexity index is 355. The Hall–Kier alpha value is -0.0500. The van der Waals surface area contributed by atoms with E-state index in [1.807, 2.05) is 11.9 Å². The average Bonchev–Trinajstić information content (AvgIpc) is 2.35. The van der Waals surface area contributed by atoms with Crippen molar-refractivity contribution in [3.05, 3.63) is 0 Å². The van der Waals surface area contributed by atoms with Crippen LogP contribution in [0.4, 0.5) is 0 Å². The molecule has 4 aliphatic carbocycles. The number of halogens is 1. The summed E-state index contributed by atoms with van der Waals surface area (Å²) in [7, 11) is 2.00. The minimum absolute atomic E-state index is 0.00292. The molecule has 0 aromatic carbocycles. The molecule has 0 N–H and O–H groups in total. The highest BCUT2D eigenvalue weighted by molar-refractivity contribution is 9.09. The number of rotatable bonds is 3. The van der Waals surface area contributed by atoms with Gasteiger partial charge in [0.15, 0.2) is 0 Å². The Balaban J connectivity index is 1.83. The van der Waals surface area contributed by atoms with Crippen molar-refractivity contribution in [1.29, 1.82) is 0 Å². The van der Waals surface area contributed by atoms with Crippen LogP contribution in [0.5, 0.6) is 0 Å². The highest BCUT2D eigenvalue weighted by Crippen LogP contribution is 2.60. The van der Waals surface area contributed by atoms with Crippen molar-refractivity contribution >= 4 is 21.8 Å². The Morgan fingerprint density at radius 1 is 1.16 bits per heavy atom. The van der Waals surface area contributed by atoms with Crippen LogP contribution in [0.1, 0.15) is 52.4 Å². The third-order valence-corrected chi connectivity index (χ3v) is 7.40. The standard InChI is InChI=1S/C16H26BrNO/c1-15(2,10-17)18(3)14(19)16-7-11-4-12(8-16)6-13(5-11)9-16/h11-13H,4-10H2,1-3H3. The maximum atomic E-state index is 13.1. The fourth-order valence-electron chi connectivity index (χ4n) is 5.09. The van der Waals surface area contributed by atoms with E-state index in [2.05, 4.69) is 29.8 Å². The minimum Gasteiger partial charge on any atom is -0.339 e. The molecular formula is C16H26BrNO. The second-order valence-corrected chi connectivity index (χ2v) is 8.57. The molecule has 4 saturated carbocycles. The molecule has 3 heteroatoms. The van der Waals surface area contributed by atoms with Crippen molar-refractivity contribution in [1.82, 2.24) is 4.90 Å². The molecule has 108 valence electrons. The topological polar surface area (TPSA) is 20.3 Å². The van der Waals surface area contributed by atoms with Crippen LogP contribution in [0.15, 0.2) is 0 Å². The number of alkyl halides is 1. The monoisotopic (exact) mass is 327 g/mol. The van der Waals surface area contributed by atoms with E-state index in [0.29, 0.717) is 5.91 Å². The van der Waals surface area contributed by atoms with Crippen molar-refractivity contribution in [3.63, 3.8) is 0 Å². The fraction of sp³-hybridized carbons (Fsp3) is 0.938. The minimum atomic E-state index is -0.0829. The van der Waals surface area contributed by atoms with Crippen molar-refractivity contribution in [2.75, 3.05) is 12.4 Å². The van der Waals surface area contributed by atoms with E-state index in [-0.39, 0.29) is 11.0 Å². The highest BCUT2D eigenvalue weighted by Gasteiger charge is 2.56. The number of amides is 1. The molecule has 2 nitrogen and oxygen atoms in total. The van der Waals surface area contributed by atoms with Gasteiger partial charge in [0.25, 0.3) is 0 Å². The summed E-state index contributed by atoms with van der Waals surface area (Å²) in [4.78, 5) is 15.1. The number of carbonyl (C=O) groups is 1. The van der Waals surface area contributed by atoms with Crippen LogP contribution >= 0.6 is 15.9 Å². The summed E-state index contributed by atoms with van der Waals surface area (Å²) in [6.45, 7) is 4.31. The SMILES string of the molecule is CN(C(=O)C12CC3CC(CC(C3)C1)C2)C(C)(C)CBr. The van der Waals surface area contributed by atoms with Gasteiger partial charge < -0.3 is 4.90 Å². The third-order valence-electron chi connectivity index (χ3n) is 6.03. The number of hydrogen-bond donors (Lipinski definition) is 0. The first kappa shape index (κ1) is 13.9. The van der Waals surface area contributed by atoms with Crippen LogP contribution in [0.2, 0.25) is 0 Å². The molecule has 0 spiro atoms. The Kier molecular flexibility index (Phi) is 3.28. The van der Waals surface area contributed by atoms with E-state index in [0.717, 1.165) is 23.1 Å². The average molecular weight is 328 g/mol. The van der Waals surface area contributed by atoms with Crippen LogP contribution in [0.25, 0.3) is 0 Å². The summed E-state index contributed by atoms with van der Waals surface area (Å²) in [5.74, 6) is 2.96. The van der Waals surface area contributed by atoms with Gasteiger partial charge in [-0.25, -0.2) is 0 Å². The Morgan fingerprint density at radius 2 is 1.58 bits per heavy atom. The molecule has 0 saturated heterocycles. The maximum Gasteiger partial charge on any atom is 0.229 e. The van der Waals surface area contributed by atoms with E-state index < -0.39 is 0 Å². The number of nitrogens with zero attached hydrogens (tertiary/aromatic N) is 1. The van der Waals surface area contributed by atoms with Gasteiger partial charge in [0.05, 0.1) is 5.41 Å². The lowest BCUT2D eigenvalue weighted by Gasteiger charge is -2.57. The first-order chi connectivity index (χ1) is 8.86. The van der Waals surface area contributed by atoms with Crippen LogP contribution in [-0.4, -0.2) is 28.7 Å². The summed E-state index contributed by atoms with van der Waals surface area (Å²) in [5, 5.41) is 0.842. The van der Waals surface area contributed by atoms with Gasteiger partial charge in [0.2, 0.25) is 5.91 Å². The van der Waals surface area contributed by atoms with E-state index in [1.54, 1.807) is 0 Å². The van der Waals surface area contributed by atoms with E-state index >= 15 is 0 Å². The van der Waals surface area contributed by atoms with Gasteiger partial charge in [-0.3, -0.25) is 4.79 Å². The van der Waals surface area contributed by atoms with Gasteiger partial charge in [0.1, 0.15) is 0 Å². The molecule has 4 rings (SSSR count). The molecule has 0 aromatic heterocycles. The van der Waals surface area contributed by atoms with Crippen LogP contribution in [0.3, 0.4) is 0 Å². The van der Waals surface area contributed by atoms with Gasteiger partial charge >= 0.3 is 0 Å².